The molecule has 1 heterocycles. The van der Waals surface area contributed by atoms with Gasteiger partial charge in [-0.25, -0.2) is 4.98 Å². The van der Waals surface area contributed by atoms with Crippen LogP contribution in [0.1, 0.15) is 63.3 Å². The van der Waals surface area contributed by atoms with E-state index in [1.54, 1.807) is 6.20 Å². The van der Waals surface area contributed by atoms with Crippen LogP contribution in [0.15, 0.2) is 34.9 Å². The van der Waals surface area contributed by atoms with Crippen molar-refractivity contribution in [3.63, 3.8) is 0 Å². The van der Waals surface area contributed by atoms with Gasteiger partial charge in [0.2, 0.25) is 5.91 Å². The number of aromatic nitrogens is 1. The van der Waals surface area contributed by atoms with Crippen LogP contribution in [0.25, 0.3) is 11.3 Å². The van der Waals surface area contributed by atoms with Crippen LogP contribution in [-0.4, -0.2) is 30.5 Å². The molecule has 0 spiro atoms. The number of hydrogen-bond donors (Lipinski definition) is 1. The van der Waals surface area contributed by atoms with Gasteiger partial charge in [0.1, 0.15) is 0 Å². The molecule has 3 rings (SSSR count). The van der Waals surface area contributed by atoms with E-state index in [1.807, 2.05) is 12.1 Å². The van der Waals surface area contributed by atoms with Crippen LogP contribution in [0, 0.1) is 11.8 Å². The lowest BCUT2D eigenvalue weighted by Crippen LogP contribution is -2.37. The van der Waals surface area contributed by atoms with Crippen LogP contribution >= 0.6 is 0 Å². The molecule has 6 heteroatoms. The molecule has 0 saturated heterocycles. The number of carbonyl (C=O) groups is 2. The molecule has 1 aromatic carbocycles. The maximum absolute atomic E-state index is 12.3. The van der Waals surface area contributed by atoms with Crippen LogP contribution in [0.5, 0.6) is 0 Å². The number of nitrogens with one attached hydrogen (secondary N) is 1. The Morgan fingerprint density at radius 1 is 1.20 bits per heavy atom. The van der Waals surface area contributed by atoms with Crippen molar-refractivity contribution in [1.29, 1.82) is 0 Å². The number of carbonyl (C=O) groups excluding carboxylic acids is 2. The van der Waals surface area contributed by atoms with Crippen molar-refractivity contribution in [1.82, 2.24) is 10.3 Å². The van der Waals surface area contributed by atoms with Crippen LogP contribution in [0.2, 0.25) is 0 Å². The number of benzene rings is 1. The highest BCUT2D eigenvalue weighted by molar-refractivity contribution is 5.76. The Hall–Kier alpha value is -2.63. The monoisotopic (exact) mass is 412 g/mol. The van der Waals surface area contributed by atoms with Gasteiger partial charge < -0.3 is 14.5 Å². The Bertz CT molecular complexity index is 841. The second-order valence-corrected chi connectivity index (χ2v) is 8.37. The molecule has 2 unspecified atom stereocenters. The lowest BCUT2D eigenvalue weighted by Gasteiger charge is -2.29. The number of aryl methyl sites for hydroxylation is 1. The number of methoxy groups -OCH3 is 1. The summed E-state index contributed by atoms with van der Waals surface area (Å²) < 4.78 is 10.7. The summed E-state index contributed by atoms with van der Waals surface area (Å²) in [6.45, 7) is 4.84. The number of esters is 1. The van der Waals surface area contributed by atoms with Gasteiger partial charge in [-0.2, -0.15) is 0 Å². The first-order valence-corrected chi connectivity index (χ1v) is 10.9. The Labute approximate surface area is 178 Å². The standard InChI is InChI=1S/C24H32N2O4/c1-16(2)17-8-10-18(11-9-17)21-15-26-23(30-21)13-12-22(27)25-14-19-6-4-5-7-20(19)24(28)29-3/h8-11,15-16,19-20H,4-7,12-14H2,1-3H3,(H,25,27). The molecule has 1 aliphatic carbocycles. The van der Waals surface area contributed by atoms with Crippen LogP contribution < -0.4 is 5.32 Å². The number of oxazole rings is 1. The molecule has 2 atom stereocenters. The second kappa shape index (κ2) is 10.4. The van der Waals surface area contributed by atoms with Crippen molar-refractivity contribution in [3.8, 4) is 11.3 Å². The van der Waals surface area contributed by atoms with E-state index < -0.39 is 0 Å². The van der Waals surface area contributed by atoms with Crippen molar-refractivity contribution in [3.05, 3.63) is 41.9 Å². The fourth-order valence-corrected chi connectivity index (χ4v) is 4.06. The summed E-state index contributed by atoms with van der Waals surface area (Å²) in [5.41, 5.74) is 2.26. The molecular weight excluding hydrogens is 380 g/mol. The maximum atomic E-state index is 12.3. The van der Waals surface area contributed by atoms with E-state index in [4.69, 9.17) is 9.15 Å². The average molecular weight is 413 g/mol. The highest BCUT2D eigenvalue weighted by atomic mass is 16.5. The molecule has 2 aromatic rings. The minimum atomic E-state index is -0.164. The smallest absolute Gasteiger partial charge is 0.309 e. The zero-order chi connectivity index (χ0) is 21.5. The van der Waals surface area contributed by atoms with E-state index in [2.05, 4.69) is 36.3 Å². The van der Waals surface area contributed by atoms with Crippen LogP contribution in [0.3, 0.4) is 0 Å². The Balaban J connectivity index is 1.47. The van der Waals surface area contributed by atoms with Gasteiger partial charge in [0.25, 0.3) is 0 Å². The first-order valence-electron chi connectivity index (χ1n) is 10.9. The number of ether oxygens (including phenoxy) is 1. The van der Waals surface area contributed by atoms with Gasteiger partial charge in [0.15, 0.2) is 11.7 Å². The molecule has 1 fully saturated rings. The first-order chi connectivity index (χ1) is 14.5. The van der Waals surface area contributed by atoms with Crippen molar-refractivity contribution < 1.29 is 18.7 Å². The van der Waals surface area contributed by atoms with Gasteiger partial charge in [0.05, 0.1) is 19.2 Å². The van der Waals surface area contributed by atoms with Crippen LogP contribution in [-0.2, 0) is 20.7 Å². The Morgan fingerprint density at radius 3 is 2.63 bits per heavy atom. The molecule has 1 aromatic heterocycles. The lowest BCUT2D eigenvalue weighted by molar-refractivity contribution is -0.148. The minimum Gasteiger partial charge on any atom is -0.469 e. The largest absolute Gasteiger partial charge is 0.469 e. The van der Waals surface area contributed by atoms with Gasteiger partial charge in [-0.15, -0.1) is 0 Å². The molecule has 0 radical (unpaired) electrons. The van der Waals surface area contributed by atoms with E-state index in [-0.39, 0.29) is 23.7 Å². The van der Waals surface area contributed by atoms with Crippen LogP contribution in [0.4, 0.5) is 0 Å². The van der Waals surface area contributed by atoms with E-state index in [1.165, 1.54) is 12.7 Å². The summed E-state index contributed by atoms with van der Waals surface area (Å²) in [5, 5.41) is 2.97. The molecule has 30 heavy (non-hydrogen) atoms. The Morgan fingerprint density at radius 2 is 1.93 bits per heavy atom. The first kappa shape index (κ1) is 22.1. The second-order valence-electron chi connectivity index (χ2n) is 8.37. The third kappa shape index (κ3) is 5.71. The zero-order valence-electron chi connectivity index (χ0n) is 18.1. The average Bonchev–Trinajstić information content (AvgIpc) is 3.25. The van der Waals surface area contributed by atoms with Gasteiger partial charge in [-0.05, 0) is 30.2 Å². The van der Waals surface area contributed by atoms with E-state index in [9.17, 15) is 9.59 Å². The summed E-state index contributed by atoms with van der Waals surface area (Å²) in [6, 6.07) is 8.27. The molecular formula is C24H32N2O4. The Kier molecular flexibility index (Phi) is 7.66. The summed E-state index contributed by atoms with van der Waals surface area (Å²) in [6.07, 6.45) is 6.37. The predicted molar refractivity (Wildman–Crippen MR) is 115 cm³/mol. The lowest BCUT2D eigenvalue weighted by atomic mass is 9.79. The number of hydrogen-bond acceptors (Lipinski definition) is 5. The third-order valence-electron chi connectivity index (χ3n) is 5.96. The van der Waals surface area contributed by atoms with Gasteiger partial charge in [0, 0.05) is 24.9 Å². The normalized spacial score (nSPS) is 18.9. The maximum Gasteiger partial charge on any atom is 0.309 e. The zero-order valence-corrected chi connectivity index (χ0v) is 18.1. The fourth-order valence-electron chi connectivity index (χ4n) is 4.06. The quantitative estimate of drug-likeness (QED) is 0.646. The molecule has 162 valence electrons. The third-order valence-corrected chi connectivity index (χ3v) is 5.96. The van der Waals surface area contributed by atoms with Crippen molar-refractivity contribution >= 4 is 11.9 Å². The predicted octanol–water partition coefficient (Wildman–Crippen LogP) is 4.49. The van der Waals surface area contributed by atoms with Crippen molar-refractivity contribution in [2.45, 2.75) is 58.3 Å². The highest BCUT2D eigenvalue weighted by Gasteiger charge is 2.31. The summed E-state index contributed by atoms with van der Waals surface area (Å²) >= 11 is 0. The number of nitrogens with zero attached hydrogens (tertiary/aromatic N) is 1. The molecule has 0 bridgehead atoms. The van der Waals surface area contributed by atoms with Gasteiger partial charge >= 0.3 is 5.97 Å². The molecule has 1 amide bonds. The minimum absolute atomic E-state index is 0.0507. The van der Waals surface area contributed by atoms with Gasteiger partial charge in [-0.1, -0.05) is 51.0 Å². The van der Waals surface area contributed by atoms with Gasteiger partial charge in [-0.3, -0.25) is 9.59 Å². The van der Waals surface area contributed by atoms with Crippen molar-refractivity contribution in [2.75, 3.05) is 13.7 Å². The molecule has 0 aliphatic heterocycles. The molecule has 1 N–H and O–H groups in total. The fraction of sp³-hybridized carbons (Fsp3) is 0.542. The van der Waals surface area contributed by atoms with E-state index in [0.29, 0.717) is 37.0 Å². The molecule has 1 saturated carbocycles. The summed E-state index contributed by atoms with van der Waals surface area (Å²) in [7, 11) is 1.43. The van der Waals surface area contributed by atoms with E-state index in [0.717, 1.165) is 31.2 Å². The van der Waals surface area contributed by atoms with Crippen molar-refractivity contribution in [2.24, 2.45) is 11.8 Å². The molecule has 6 nitrogen and oxygen atoms in total. The van der Waals surface area contributed by atoms with E-state index >= 15 is 0 Å². The number of amides is 1. The topological polar surface area (TPSA) is 81.4 Å². The summed E-state index contributed by atoms with van der Waals surface area (Å²) in [5.74, 6) is 1.58. The molecule has 1 aliphatic rings. The SMILES string of the molecule is COC(=O)C1CCCCC1CNC(=O)CCc1ncc(-c2ccc(C(C)C)cc2)o1. The number of rotatable bonds is 8. The highest BCUT2D eigenvalue weighted by Crippen LogP contribution is 2.30. The summed E-state index contributed by atoms with van der Waals surface area (Å²) in [4.78, 5) is 28.5.